The van der Waals surface area contributed by atoms with Crippen LogP contribution in [0.2, 0.25) is 0 Å². The standard InChI is InChI=1S/C17H16O5/c1-2-21-11-8-12(18)14-13(9-11)22-17(16(20)15(14)19)10-6-4-3-5-7-10/h3-8,12,18,20H,2,9H2,1H3. The summed E-state index contributed by atoms with van der Waals surface area (Å²) in [6.07, 6.45) is 0.595. The Kier molecular flexibility index (Phi) is 3.73. The van der Waals surface area contributed by atoms with Gasteiger partial charge in [0.05, 0.1) is 18.6 Å². The Morgan fingerprint density at radius 1 is 1.32 bits per heavy atom. The maximum absolute atomic E-state index is 12.3. The topological polar surface area (TPSA) is 79.9 Å². The fourth-order valence-corrected chi connectivity index (χ4v) is 2.56. The van der Waals surface area contributed by atoms with Crippen molar-refractivity contribution in [3.05, 3.63) is 63.7 Å². The molecule has 0 radical (unpaired) electrons. The van der Waals surface area contributed by atoms with Crippen LogP contribution in [0.1, 0.15) is 24.4 Å². The van der Waals surface area contributed by atoms with Gasteiger partial charge in [-0.3, -0.25) is 4.79 Å². The highest BCUT2D eigenvalue weighted by Crippen LogP contribution is 2.34. The van der Waals surface area contributed by atoms with Crippen molar-refractivity contribution >= 4 is 0 Å². The fourth-order valence-electron chi connectivity index (χ4n) is 2.56. The second kappa shape index (κ2) is 5.69. The van der Waals surface area contributed by atoms with Crippen LogP contribution in [0.4, 0.5) is 0 Å². The molecule has 0 bridgehead atoms. The molecule has 1 aliphatic rings. The van der Waals surface area contributed by atoms with Crippen LogP contribution in [-0.4, -0.2) is 16.8 Å². The number of ether oxygens (including phenoxy) is 1. The maximum atomic E-state index is 12.3. The summed E-state index contributed by atoms with van der Waals surface area (Å²) >= 11 is 0. The van der Waals surface area contributed by atoms with Gasteiger partial charge in [-0.05, 0) is 13.0 Å². The summed E-state index contributed by atoms with van der Waals surface area (Å²) in [6.45, 7) is 2.30. The molecular weight excluding hydrogens is 284 g/mol. The van der Waals surface area contributed by atoms with E-state index in [1.54, 1.807) is 24.3 Å². The van der Waals surface area contributed by atoms with Crippen LogP contribution >= 0.6 is 0 Å². The fraction of sp³-hybridized carbons (Fsp3) is 0.235. The number of fused-ring (bicyclic) bond motifs is 1. The van der Waals surface area contributed by atoms with Crippen molar-refractivity contribution in [2.45, 2.75) is 19.4 Å². The Balaban J connectivity index is 2.15. The molecule has 5 nitrogen and oxygen atoms in total. The Morgan fingerprint density at radius 3 is 2.73 bits per heavy atom. The number of hydrogen-bond acceptors (Lipinski definition) is 5. The third-order valence-corrected chi connectivity index (χ3v) is 3.54. The van der Waals surface area contributed by atoms with Gasteiger partial charge in [-0.2, -0.15) is 0 Å². The summed E-state index contributed by atoms with van der Waals surface area (Å²) in [5.74, 6) is 0.488. The molecule has 0 saturated heterocycles. The van der Waals surface area contributed by atoms with E-state index in [2.05, 4.69) is 0 Å². The molecule has 1 aromatic heterocycles. The maximum Gasteiger partial charge on any atom is 0.233 e. The van der Waals surface area contributed by atoms with Crippen molar-refractivity contribution in [2.24, 2.45) is 0 Å². The summed E-state index contributed by atoms with van der Waals surface area (Å²) in [6, 6.07) is 8.88. The van der Waals surface area contributed by atoms with E-state index >= 15 is 0 Å². The molecule has 1 heterocycles. The summed E-state index contributed by atoms with van der Waals surface area (Å²) < 4.78 is 11.1. The van der Waals surface area contributed by atoms with E-state index in [-0.39, 0.29) is 17.7 Å². The molecule has 0 saturated carbocycles. The lowest BCUT2D eigenvalue weighted by molar-refractivity contribution is 0.175. The number of aliphatic hydroxyl groups excluding tert-OH is 1. The summed E-state index contributed by atoms with van der Waals surface area (Å²) in [7, 11) is 0. The zero-order valence-corrected chi connectivity index (χ0v) is 12.1. The van der Waals surface area contributed by atoms with Crippen LogP contribution in [0.5, 0.6) is 5.75 Å². The minimum Gasteiger partial charge on any atom is -0.502 e. The molecule has 114 valence electrons. The van der Waals surface area contributed by atoms with Crippen molar-refractivity contribution in [1.82, 2.24) is 0 Å². The van der Waals surface area contributed by atoms with Crippen LogP contribution in [0.3, 0.4) is 0 Å². The number of allylic oxidation sites excluding steroid dienone is 1. The lowest BCUT2D eigenvalue weighted by Crippen LogP contribution is -2.20. The summed E-state index contributed by atoms with van der Waals surface area (Å²) in [4.78, 5) is 12.3. The highest BCUT2D eigenvalue weighted by Gasteiger charge is 2.28. The van der Waals surface area contributed by atoms with Gasteiger partial charge in [0.1, 0.15) is 17.6 Å². The van der Waals surface area contributed by atoms with E-state index in [1.165, 1.54) is 6.08 Å². The number of aliphatic hydroxyl groups is 1. The lowest BCUT2D eigenvalue weighted by atomic mass is 9.97. The van der Waals surface area contributed by atoms with E-state index in [1.807, 2.05) is 13.0 Å². The van der Waals surface area contributed by atoms with Crippen LogP contribution in [-0.2, 0) is 11.2 Å². The average Bonchev–Trinajstić information content (AvgIpc) is 2.51. The van der Waals surface area contributed by atoms with Crippen molar-refractivity contribution in [3.8, 4) is 17.1 Å². The molecule has 0 fully saturated rings. The average molecular weight is 300 g/mol. The van der Waals surface area contributed by atoms with Crippen LogP contribution < -0.4 is 5.43 Å². The summed E-state index contributed by atoms with van der Waals surface area (Å²) in [5.41, 5.74) is 0.0574. The van der Waals surface area contributed by atoms with E-state index in [0.29, 0.717) is 23.7 Å². The van der Waals surface area contributed by atoms with Gasteiger partial charge in [0.25, 0.3) is 0 Å². The molecule has 0 amide bonds. The molecule has 1 unspecified atom stereocenters. The Labute approximate surface area is 127 Å². The molecule has 2 aromatic rings. The zero-order valence-electron chi connectivity index (χ0n) is 12.1. The molecule has 5 heteroatoms. The van der Waals surface area contributed by atoms with Gasteiger partial charge >= 0.3 is 0 Å². The molecule has 0 aliphatic heterocycles. The van der Waals surface area contributed by atoms with Crippen LogP contribution in [0.25, 0.3) is 11.3 Å². The summed E-state index contributed by atoms with van der Waals surface area (Å²) in [5, 5.41) is 20.2. The molecular formula is C17H16O5. The van der Waals surface area contributed by atoms with E-state index < -0.39 is 17.3 Å². The quantitative estimate of drug-likeness (QED) is 0.910. The second-order valence-electron chi connectivity index (χ2n) is 5.00. The molecule has 2 N–H and O–H groups in total. The van der Waals surface area contributed by atoms with Gasteiger partial charge in [0.2, 0.25) is 11.2 Å². The predicted octanol–water partition coefficient (Wildman–Crippen LogP) is 2.52. The van der Waals surface area contributed by atoms with E-state index in [9.17, 15) is 15.0 Å². The second-order valence-corrected chi connectivity index (χ2v) is 5.00. The SMILES string of the molecule is CCOC1=CC(O)c2c(oc(-c3ccccc3)c(O)c2=O)C1. The van der Waals surface area contributed by atoms with Gasteiger partial charge in [-0.15, -0.1) is 0 Å². The molecule has 1 aliphatic carbocycles. The highest BCUT2D eigenvalue weighted by atomic mass is 16.5. The van der Waals surface area contributed by atoms with Gasteiger partial charge < -0.3 is 19.4 Å². The first kappa shape index (κ1) is 14.4. The van der Waals surface area contributed by atoms with Crippen molar-refractivity contribution in [1.29, 1.82) is 0 Å². The first-order valence-corrected chi connectivity index (χ1v) is 7.07. The first-order valence-electron chi connectivity index (χ1n) is 7.07. The monoisotopic (exact) mass is 300 g/mol. The van der Waals surface area contributed by atoms with Gasteiger partial charge in [0.15, 0.2) is 5.76 Å². The first-order chi connectivity index (χ1) is 10.6. The van der Waals surface area contributed by atoms with Crippen LogP contribution in [0.15, 0.2) is 51.4 Å². The van der Waals surface area contributed by atoms with Gasteiger partial charge in [-0.25, -0.2) is 0 Å². The lowest BCUT2D eigenvalue weighted by Gasteiger charge is -2.20. The Bertz CT molecular complexity index is 774. The Hall–Kier alpha value is -2.53. The molecule has 1 atom stereocenters. The minimum absolute atomic E-state index is 0.0700. The van der Waals surface area contributed by atoms with Crippen molar-refractivity contribution < 1.29 is 19.4 Å². The number of aromatic hydroxyl groups is 1. The molecule has 1 aromatic carbocycles. The number of rotatable bonds is 3. The van der Waals surface area contributed by atoms with Gasteiger partial charge in [0, 0.05) is 5.56 Å². The highest BCUT2D eigenvalue weighted by molar-refractivity contribution is 5.64. The Morgan fingerprint density at radius 2 is 2.05 bits per heavy atom. The van der Waals surface area contributed by atoms with Crippen molar-refractivity contribution in [3.63, 3.8) is 0 Å². The predicted molar refractivity (Wildman–Crippen MR) is 80.5 cm³/mol. The zero-order chi connectivity index (χ0) is 15.7. The largest absolute Gasteiger partial charge is 0.502 e. The number of benzene rings is 1. The minimum atomic E-state index is -1.14. The van der Waals surface area contributed by atoms with Gasteiger partial charge in [-0.1, -0.05) is 30.3 Å². The molecule has 22 heavy (non-hydrogen) atoms. The van der Waals surface area contributed by atoms with E-state index in [4.69, 9.17) is 9.15 Å². The van der Waals surface area contributed by atoms with E-state index in [0.717, 1.165) is 0 Å². The number of hydrogen-bond donors (Lipinski definition) is 2. The van der Waals surface area contributed by atoms with Crippen LogP contribution in [0, 0.1) is 0 Å². The third kappa shape index (κ3) is 2.40. The smallest absolute Gasteiger partial charge is 0.233 e. The molecule has 3 rings (SSSR count). The van der Waals surface area contributed by atoms with Crippen molar-refractivity contribution in [2.75, 3.05) is 6.61 Å². The molecule has 0 spiro atoms. The third-order valence-electron chi connectivity index (χ3n) is 3.54. The normalized spacial score (nSPS) is 16.8.